The summed E-state index contributed by atoms with van der Waals surface area (Å²) in [6.07, 6.45) is 8.96. The lowest BCUT2D eigenvalue weighted by Crippen LogP contribution is -2.37. The summed E-state index contributed by atoms with van der Waals surface area (Å²) in [6.45, 7) is 7.76. The van der Waals surface area contributed by atoms with Gasteiger partial charge in [0.05, 0.1) is 10.6 Å². The third-order valence-electron chi connectivity index (χ3n) is 6.44. The third-order valence-corrected chi connectivity index (χ3v) is 8.60. The summed E-state index contributed by atoms with van der Waals surface area (Å²) in [4.78, 5) is 35.5. The molecule has 1 unspecified atom stereocenters. The van der Waals surface area contributed by atoms with Crippen molar-refractivity contribution in [3.63, 3.8) is 0 Å². The lowest BCUT2D eigenvalue weighted by Gasteiger charge is -2.25. The van der Waals surface area contributed by atoms with Crippen LogP contribution < -0.4 is 5.56 Å². The zero-order chi connectivity index (χ0) is 20.5. The molecule has 1 amide bonds. The average molecular weight is 434 g/mol. The first-order chi connectivity index (χ1) is 14.0. The highest BCUT2D eigenvalue weighted by Gasteiger charge is 2.28. The summed E-state index contributed by atoms with van der Waals surface area (Å²) < 4.78 is 1.92. The molecule has 4 rings (SSSR count). The molecule has 0 spiro atoms. The van der Waals surface area contributed by atoms with Gasteiger partial charge in [0.1, 0.15) is 4.83 Å². The molecule has 1 saturated carbocycles. The van der Waals surface area contributed by atoms with Crippen LogP contribution in [-0.2, 0) is 4.79 Å². The molecule has 5 nitrogen and oxygen atoms in total. The number of fused-ring (bicyclic) bond motifs is 1. The maximum absolute atomic E-state index is 13.5. The van der Waals surface area contributed by atoms with E-state index in [0.717, 1.165) is 77.4 Å². The van der Waals surface area contributed by atoms with E-state index in [1.807, 2.05) is 23.3 Å². The van der Waals surface area contributed by atoms with Crippen molar-refractivity contribution in [3.05, 3.63) is 20.8 Å². The Hall–Kier alpha value is -1.34. The molecule has 0 radical (unpaired) electrons. The van der Waals surface area contributed by atoms with Crippen LogP contribution in [0.1, 0.15) is 74.8 Å². The van der Waals surface area contributed by atoms with Crippen LogP contribution in [0.2, 0.25) is 0 Å². The largest absolute Gasteiger partial charge is 0.342 e. The van der Waals surface area contributed by atoms with Gasteiger partial charge in [-0.25, -0.2) is 4.98 Å². The quantitative estimate of drug-likeness (QED) is 0.499. The van der Waals surface area contributed by atoms with Crippen LogP contribution in [0.15, 0.2) is 9.95 Å². The van der Waals surface area contributed by atoms with Gasteiger partial charge in [0.15, 0.2) is 5.16 Å². The first-order valence-electron chi connectivity index (χ1n) is 10.9. The van der Waals surface area contributed by atoms with Crippen LogP contribution in [0.3, 0.4) is 0 Å². The number of thioether (sulfide) groups is 1. The fraction of sp³-hybridized carbons (Fsp3) is 0.682. The Morgan fingerprint density at radius 2 is 1.76 bits per heavy atom. The molecule has 29 heavy (non-hydrogen) atoms. The molecule has 2 aliphatic rings. The van der Waals surface area contributed by atoms with Crippen molar-refractivity contribution in [2.45, 2.75) is 88.6 Å². The van der Waals surface area contributed by atoms with E-state index in [2.05, 4.69) is 6.92 Å². The van der Waals surface area contributed by atoms with Gasteiger partial charge in [-0.15, -0.1) is 11.3 Å². The smallest absolute Gasteiger partial charge is 0.263 e. The topological polar surface area (TPSA) is 55.2 Å². The van der Waals surface area contributed by atoms with E-state index in [1.165, 1.54) is 24.6 Å². The van der Waals surface area contributed by atoms with Crippen LogP contribution in [0, 0.1) is 13.8 Å². The molecule has 158 valence electrons. The molecule has 7 heteroatoms. The number of thiophene rings is 1. The molecule has 0 bridgehead atoms. The minimum atomic E-state index is -0.229. The van der Waals surface area contributed by atoms with Crippen LogP contribution >= 0.6 is 23.1 Å². The maximum Gasteiger partial charge on any atom is 0.263 e. The van der Waals surface area contributed by atoms with Crippen LogP contribution in [0.25, 0.3) is 10.2 Å². The predicted molar refractivity (Wildman–Crippen MR) is 121 cm³/mol. The van der Waals surface area contributed by atoms with Crippen molar-refractivity contribution >= 4 is 39.2 Å². The van der Waals surface area contributed by atoms with Gasteiger partial charge in [-0.3, -0.25) is 14.2 Å². The highest BCUT2D eigenvalue weighted by atomic mass is 32.2. The zero-order valence-electron chi connectivity index (χ0n) is 17.7. The summed E-state index contributed by atoms with van der Waals surface area (Å²) in [5.74, 6) is 0.183. The van der Waals surface area contributed by atoms with Crippen LogP contribution in [0.4, 0.5) is 0 Å². The second-order valence-electron chi connectivity index (χ2n) is 8.47. The minimum absolute atomic E-state index is 0.0840. The number of hydrogen-bond acceptors (Lipinski definition) is 5. The van der Waals surface area contributed by atoms with E-state index in [9.17, 15) is 9.59 Å². The summed E-state index contributed by atoms with van der Waals surface area (Å²) >= 11 is 3.07. The van der Waals surface area contributed by atoms with Crippen molar-refractivity contribution in [1.82, 2.24) is 14.5 Å². The summed E-state index contributed by atoms with van der Waals surface area (Å²) in [6, 6.07) is 0.210. The number of carbonyl (C=O) groups excluding carboxylic acids is 1. The number of amides is 1. The van der Waals surface area contributed by atoms with E-state index < -0.39 is 0 Å². The van der Waals surface area contributed by atoms with E-state index in [4.69, 9.17) is 4.98 Å². The minimum Gasteiger partial charge on any atom is -0.342 e. The standard InChI is InChI=1S/C22H31N3O2S2/c1-14-15(2)28-19-18(14)21(27)25(17-10-6-7-11-17)22(23-19)29-16(3)20(26)24-12-8-4-5-9-13-24/h16-17H,4-13H2,1-3H3. The van der Waals surface area contributed by atoms with Crippen molar-refractivity contribution in [3.8, 4) is 0 Å². The molecule has 0 aromatic carbocycles. The number of hydrogen-bond donors (Lipinski definition) is 0. The van der Waals surface area contributed by atoms with E-state index in [1.54, 1.807) is 11.3 Å². The fourth-order valence-electron chi connectivity index (χ4n) is 4.61. The molecule has 2 aromatic rings. The molecule has 2 aromatic heterocycles. The molecule has 1 aliphatic carbocycles. The van der Waals surface area contributed by atoms with Crippen molar-refractivity contribution in [2.24, 2.45) is 0 Å². The first-order valence-corrected chi connectivity index (χ1v) is 12.6. The Balaban J connectivity index is 1.69. The fourth-order valence-corrected chi connectivity index (χ4v) is 6.75. The molecule has 1 aliphatic heterocycles. The molecule has 0 N–H and O–H groups in total. The number of rotatable bonds is 4. The third kappa shape index (κ3) is 4.13. The summed E-state index contributed by atoms with van der Waals surface area (Å²) in [7, 11) is 0. The van der Waals surface area contributed by atoms with Crippen molar-refractivity contribution < 1.29 is 4.79 Å². The Morgan fingerprint density at radius 3 is 2.41 bits per heavy atom. The van der Waals surface area contributed by atoms with Crippen LogP contribution in [0.5, 0.6) is 0 Å². The highest BCUT2D eigenvalue weighted by molar-refractivity contribution is 8.00. The lowest BCUT2D eigenvalue weighted by molar-refractivity contribution is -0.130. The molecule has 2 fully saturated rings. The number of aromatic nitrogens is 2. The Morgan fingerprint density at radius 1 is 1.10 bits per heavy atom. The molecular formula is C22H31N3O2S2. The number of aryl methyl sites for hydroxylation is 2. The molecule has 3 heterocycles. The second kappa shape index (κ2) is 8.80. The van der Waals surface area contributed by atoms with E-state index >= 15 is 0 Å². The lowest BCUT2D eigenvalue weighted by atomic mass is 10.2. The second-order valence-corrected chi connectivity index (χ2v) is 11.0. The maximum atomic E-state index is 13.5. The highest BCUT2D eigenvalue weighted by Crippen LogP contribution is 2.36. The monoisotopic (exact) mass is 433 g/mol. The molecular weight excluding hydrogens is 402 g/mol. The van der Waals surface area contributed by atoms with Crippen molar-refractivity contribution in [2.75, 3.05) is 13.1 Å². The van der Waals surface area contributed by atoms with Gasteiger partial charge in [-0.05, 0) is 52.0 Å². The SMILES string of the molecule is Cc1sc2nc(SC(C)C(=O)N3CCCCCC3)n(C3CCCC3)c(=O)c2c1C. The zero-order valence-corrected chi connectivity index (χ0v) is 19.3. The number of likely N-dealkylation sites (tertiary alicyclic amines) is 1. The number of carbonyl (C=O) groups is 1. The van der Waals surface area contributed by atoms with E-state index in [0.29, 0.717) is 0 Å². The first kappa shape index (κ1) is 20.9. The summed E-state index contributed by atoms with van der Waals surface area (Å²) in [5.41, 5.74) is 1.14. The molecule has 1 saturated heterocycles. The van der Waals surface area contributed by atoms with E-state index in [-0.39, 0.29) is 22.8 Å². The Bertz CT molecular complexity index is 951. The van der Waals surface area contributed by atoms with Crippen molar-refractivity contribution in [1.29, 1.82) is 0 Å². The predicted octanol–water partition coefficient (Wildman–Crippen LogP) is 5.07. The Labute approximate surface area is 180 Å². The number of nitrogens with zero attached hydrogens (tertiary/aromatic N) is 3. The molecule has 1 atom stereocenters. The van der Waals surface area contributed by atoms with Crippen LogP contribution in [-0.4, -0.2) is 38.7 Å². The van der Waals surface area contributed by atoms with Gasteiger partial charge in [0, 0.05) is 24.0 Å². The van der Waals surface area contributed by atoms with Gasteiger partial charge in [0.2, 0.25) is 5.91 Å². The summed E-state index contributed by atoms with van der Waals surface area (Å²) in [5, 5.41) is 1.27. The Kier molecular flexibility index (Phi) is 6.35. The average Bonchev–Trinajstić information content (AvgIpc) is 3.20. The van der Waals surface area contributed by atoms with Gasteiger partial charge in [-0.2, -0.15) is 0 Å². The van der Waals surface area contributed by atoms with Gasteiger partial charge in [0.25, 0.3) is 5.56 Å². The van der Waals surface area contributed by atoms with Gasteiger partial charge < -0.3 is 4.90 Å². The van der Waals surface area contributed by atoms with Gasteiger partial charge in [-0.1, -0.05) is 37.4 Å². The normalized spacial score (nSPS) is 19.6. The van der Waals surface area contributed by atoms with Gasteiger partial charge >= 0.3 is 0 Å².